The third-order valence-corrected chi connectivity index (χ3v) is 2.90. The third-order valence-electron chi connectivity index (χ3n) is 2.11. The summed E-state index contributed by atoms with van der Waals surface area (Å²) in [4.78, 5) is 0. The summed E-state index contributed by atoms with van der Waals surface area (Å²) in [5, 5.41) is 0. The van der Waals surface area contributed by atoms with Gasteiger partial charge in [0.15, 0.2) is 0 Å². The number of halogens is 2. The van der Waals surface area contributed by atoms with Gasteiger partial charge in [-0.1, -0.05) is 12.2 Å². The van der Waals surface area contributed by atoms with Crippen LogP contribution in [0.4, 0.5) is 0 Å². The van der Waals surface area contributed by atoms with Crippen LogP contribution in [-0.4, -0.2) is 11.8 Å². The summed E-state index contributed by atoms with van der Waals surface area (Å²) in [5.41, 5.74) is 0. The minimum absolute atomic E-state index is 0.615. The van der Waals surface area contributed by atoms with Crippen molar-refractivity contribution in [2.24, 2.45) is 11.8 Å². The molecule has 0 radical (unpaired) electrons. The van der Waals surface area contributed by atoms with Gasteiger partial charge in [0, 0.05) is 11.8 Å². The lowest BCUT2D eigenvalue weighted by molar-refractivity contribution is 0.389. The van der Waals surface area contributed by atoms with Gasteiger partial charge in [0.2, 0.25) is 0 Å². The molecule has 0 heterocycles. The first-order chi connectivity index (χ1) is 4.88. The topological polar surface area (TPSA) is 0 Å². The lowest BCUT2D eigenvalue weighted by Crippen LogP contribution is -2.19. The van der Waals surface area contributed by atoms with Crippen LogP contribution in [0.1, 0.15) is 12.8 Å². The molecule has 2 atom stereocenters. The molecule has 2 heteroatoms. The molecule has 0 fully saturated rings. The molecular formula is C8H12Cl2. The molecule has 0 unspecified atom stereocenters. The summed E-state index contributed by atoms with van der Waals surface area (Å²) in [5.74, 6) is 2.73. The van der Waals surface area contributed by atoms with Gasteiger partial charge in [-0.15, -0.1) is 23.2 Å². The van der Waals surface area contributed by atoms with Crippen LogP contribution in [0.2, 0.25) is 0 Å². The number of alkyl halides is 2. The second-order valence-electron chi connectivity index (χ2n) is 2.77. The molecule has 0 aliphatic heterocycles. The molecule has 0 saturated carbocycles. The zero-order chi connectivity index (χ0) is 7.40. The van der Waals surface area contributed by atoms with Crippen molar-refractivity contribution in [3.8, 4) is 0 Å². The average Bonchev–Trinajstić information content (AvgIpc) is 2.04. The van der Waals surface area contributed by atoms with Crippen molar-refractivity contribution in [3.63, 3.8) is 0 Å². The Balaban J connectivity index is 2.45. The standard InChI is InChI=1S/C8H12Cl2/c9-5-7-3-1-2-4-8(7)6-10/h1-2,7-8H,3-6H2/t7-,8+. The molecular weight excluding hydrogens is 167 g/mol. The van der Waals surface area contributed by atoms with Gasteiger partial charge in [-0.05, 0) is 24.7 Å². The number of allylic oxidation sites excluding steroid dienone is 2. The first kappa shape index (κ1) is 8.42. The molecule has 1 rings (SSSR count). The van der Waals surface area contributed by atoms with Crippen LogP contribution in [0.15, 0.2) is 12.2 Å². The molecule has 0 spiro atoms. The van der Waals surface area contributed by atoms with E-state index in [9.17, 15) is 0 Å². The van der Waals surface area contributed by atoms with Gasteiger partial charge in [0.1, 0.15) is 0 Å². The SMILES string of the molecule is ClC[C@@H]1CC=CC[C@@H]1CCl. The van der Waals surface area contributed by atoms with E-state index in [0.717, 1.165) is 24.6 Å². The van der Waals surface area contributed by atoms with Crippen molar-refractivity contribution in [1.29, 1.82) is 0 Å². The van der Waals surface area contributed by atoms with Crippen LogP contribution in [0.5, 0.6) is 0 Å². The van der Waals surface area contributed by atoms with Crippen molar-refractivity contribution < 1.29 is 0 Å². The summed E-state index contributed by atoms with van der Waals surface area (Å²) in [6.07, 6.45) is 6.63. The molecule has 1 aliphatic rings. The predicted octanol–water partition coefficient (Wildman–Crippen LogP) is 3.05. The smallest absolute Gasteiger partial charge is 0.0257 e. The Morgan fingerprint density at radius 2 is 1.40 bits per heavy atom. The minimum atomic E-state index is 0.615. The highest BCUT2D eigenvalue weighted by Crippen LogP contribution is 2.27. The quantitative estimate of drug-likeness (QED) is 0.451. The van der Waals surface area contributed by atoms with Gasteiger partial charge >= 0.3 is 0 Å². The van der Waals surface area contributed by atoms with Crippen molar-refractivity contribution >= 4 is 23.2 Å². The third kappa shape index (κ3) is 1.90. The normalized spacial score (nSPS) is 32.6. The zero-order valence-corrected chi connectivity index (χ0v) is 7.41. The Bertz CT molecular complexity index is 106. The Morgan fingerprint density at radius 1 is 1.00 bits per heavy atom. The first-order valence-electron chi connectivity index (χ1n) is 3.65. The molecule has 58 valence electrons. The lowest BCUT2D eigenvalue weighted by atomic mass is 9.86. The van der Waals surface area contributed by atoms with Crippen molar-refractivity contribution in [1.82, 2.24) is 0 Å². The van der Waals surface area contributed by atoms with Crippen LogP contribution in [0.3, 0.4) is 0 Å². The Hall–Kier alpha value is 0.320. The molecule has 0 nitrogen and oxygen atoms in total. The van der Waals surface area contributed by atoms with Gasteiger partial charge in [-0.25, -0.2) is 0 Å². The van der Waals surface area contributed by atoms with Gasteiger partial charge in [0.25, 0.3) is 0 Å². The summed E-state index contributed by atoms with van der Waals surface area (Å²) in [7, 11) is 0. The van der Waals surface area contributed by atoms with Crippen LogP contribution in [-0.2, 0) is 0 Å². The van der Waals surface area contributed by atoms with Crippen LogP contribution in [0.25, 0.3) is 0 Å². The maximum atomic E-state index is 5.76. The minimum Gasteiger partial charge on any atom is -0.126 e. The van der Waals surface area contributed by atoms with E-state index in [1.54, 1.807) is 0 Å². The Labute approximate surface area is 72.2 Å². The van der Waals surface area contributed by atoms with Gasteiger partial charge < -0.3 is 0 Å². The van der Waals surface area contributed by atoms with Gasteiger partial charge in [-0.3, -0.25) is 0 Å². The summed E-state index contributed by atoms with van der Waals surface area (Å²) in [6.45, 7) is 0. The molecule has 0 aromatic heterocycles. The fraction of sp³-hybridized carbons (Fsp3) is 0.750. The molecule has 0 amide bonds. The van der Waals surface area contributed by atoms with E-state index in [1.807, 2.05) is 0 Å². The molecule has 0 aromatic carbocycles. The van der Waals surface area contributed by atoms with E-state index in [-0.39, 0.29) is 0 Å². The van der Waals surface area contributed by atoms with Crippen molar-refractivity contribution in [3.05, 3.63) is 12.2 Å². The second kappa shape index (κ2) is 4.25. The average molecular weight is 179 g/mol. The molecule has 10 heavy (non-hydrogen) atoms. The maximum Gasteiger partial charge on any atom is 0.0257 e. The zero-order valence-electron chi connectivity index (χ0n) is 5.89. The monoisotopic (exact) mass is 178 g/mol. The van der Waals surface area contributed by atoms with E-state index in [4.69, 9.17) is 23.2 Å². The molecule has 0 aromatic rings. The summed E-state index contributed by atoms with van der Waals surface area (Å²) >= 11 is 11.5. The Morgan fingerprint density at radius 3 is 1.70 bits per heavy atom. The van der Waals surface area contributed by atoms with Gasteiger partial charge in [-0.2, -0.15) is 0 Å². The van der Waals surface area contributed by atoms with Gasteiger partial charge in [0.05, 0.1) is 0 Å². The highest BCUT2D eigenvalue weighted by molar-refractivity contribution is 6.19. The highest BCUT2D eigenvalue weighted by Gasteiger charge is 2.19. The Kier molecular flexibility index (Phi) is 3.58. The van der Waals surface area contributed by atoms with E-state index < -0.39 is 0 Å². The number of rotatable bonds is 2. The van der Waals surface area contributed by atoms with E-state index >= 15 is 0 Å². The lowest BCUT2D eigenvalue weighted by Gasteiger charge is -2.24. The van der Waals surface area contributed by atoms with E-state index in [1.165, 1.54) is 0 Å². The fourth-order valence-corrected chi connectivity index (χ4v) is 2.06. The van der Waals surface area contributed by atoms with Crippen LogP contribution in [0, 0.1) is 11.8 Å². The molecule has 0 saturated heterocycles. The van der Waals surface area contributed by atoms with Crippen LogP contribution < -0.4 is 0 Å². The molecule has 1 aliphatic carbocycles. The summed E-state index contributed by atoms with van der Waals surface area (Å²) in [6, 6.07) is 0. The van der Waals surface area contributed by atoms with Crippen molar-refractivity contribution in [2.75, 3.05) is 11.8 Å². The first-order valence-corrected chi connectivity index (χ1v) is 4.72. The number of hydrogen-bond acceptors (Lipinski definition) is 0. The van der Waals surface area contributed by atoms with E-state index in [2.05, 4.69) is 12.2 Å². The van der Waals surface area contributed by atoms with Crippen molar-refractivity contribution in [2.45, 2.75) is 12.8 Å². The van der Waals surface area contributed by atoms with Crippen LogP contribution >= 0.6 is 23.2 Å². The summed E-state index contributed by atoms with van der Waals surface area (Å²) < 4.78 is 0. The maximum absolute atomic E-state index is 5.76. The fourth-order valence-electron chi connectivity index (χ4n) is 1.30. The predicted molar refractivity (Wildman–Crippen MR) is 46.8 cm³/mol. The molecule has 0 N–H and O–H groups in total. The highest BCUT2D eigenvalue weighted by atomic mass is 35.5. The molecule has 0 bridgehead atoms. The second-order valence-corrected chi connectivity index (χ2v) is 3.39. The number of hydrogen-bond donors (Lipinski definition) is 0. The van der Waals surface area contributed by atoms with E-state index in [0.29, 0.717) is 11.8 Å². The largest absolute Gasteiger partial charge is 0.126 e.